The second kappa shape index (κ2) is 7.83. The van der Waals surface area contributed by atoms with Crippen LogP contribution >= 0.6 is 15.9 Å². The Morgan fingerprint density at radius 3 is 2.82 bits per heavy atom. The molecule has 1 aromatic carbocycles. The monoisotopic (exact) mass is 370 g/mol. The first kappa shape index (κ1) is 17.1. The van der Waals surface area contributed by atoms with E-state index >= 15 is 0 Å². The van der Waals surface area contributed by atoms with Crippen LogP contribution in [0.15, 0.2) is 16.6 Å². The molecule has 0 radical (unpaired) electrons. The molecular weight excluding hydrogens is 348 g/mol. The summed E-state index contributed by atoms with van der Waals surface area (Å²) in [5, 5.41) is 3.02. The summed E-state index contributed by atoms with van der Waals surface area (Å²) >= 11 is 3.41. The molecule has 0 aliphatic carbocycles. The van der Waals surface area contributed by atoms with Gasteiger partial charge in [0.2, 0.25) is 0 Å². The molecule has 0 spiro atoms. The van der Waals surface area contributed by atoms with Crippen LogP contribution in [-0.4, -0.2) is 50.7 Å². The highest BCUT2D eigenvalue weighted by Crippen LogP contribution is 2.35. The van der Waals surface area contributed by atoms with Crippen LogP contribution in [0.3, 0.4) is 0 Å². The smallest absolute Gasteiger partial charge is 0.258 e. The number of benzene rings is 1. The molecule has 0 unspecified atom stereocenters. The second-order valence-electron chi connectivity index (χ2n) is 5.29. The molecular formula is C16H23BrN2O3. The van der Waals surface area contributed by atoms with Gasteiger partial charge in [0, 0.05) is 12.6 Å². The minimum atomic E-state index is -0.169. The van der Waals surface area contributed by atoms with Gasteiger partial charge in [0.05, 0.1) is 18.7 Å². The molecule has 0 aromatic heterocycles. The van der Waals surface area contributed by atoms with Crippen molar-refractivity contribution >= 4 is 21.8 Å². The molecule has 5 nitrogen and oxygen atoms in total. The number of hydrogen-bond donors (Lipinski definition) is 1. The van der Waals surface area contributed by atoms with Crippen molar-refractivity contribution in [3.05, 3.63) is 22.2 Å². The van der Waals surface area contributed by atoms with Gasteiger partial charge < -0.3 is 14.8 Å². The summed E-state index contributed by atoms with van der Waals surface area (Å²) in [5.41, 5.74) is 0.431. The quantitative estimate of drug-likeness (QED) is 0.836. The molecule has 1 fully saturated rings. The molecule has 1 amide bonds. The Hall–Kier alpha value is -1.27. The first-order valence-corrected chi connectivity index (χ1v) is 8.34. The summed E-state index contributed by atoms with van der Waals surface area (Å²) in [7, 11) is 3.10. The molecule has 0 bridgehead atoms. The van der Waals surface area contributed by atoms with Crippen LogP contribution in [0.4, 0.5) is 0 Å². The van der Waals surface area contributed by atoms with Crippen LogP contribution in [0.25, 0.3) is 0 Å². The highest BCUT2D eigenvalue weighted by atomic mass is 79.9. The number of likely N-dealkylation sites (tertiary alicyclic amines) is 1. The molecule has 2 rings (SSSR count). The van der Waals surface area contributed by atoms with Crippen molar-refractivity contribution in [2.45, 2.75) is 25.8 Å². The number of halogens is 1. The van der Waals surface area contributed by atoms with E-state index < -0.39 is 0 Å². The van der Waals surface area contributed by atoms with Crippen molar-refractivity contribution in [2.75, 3.05) is 33.9 Å². The molecule has 1 aromatic rings. The Morgan fingerprint density at radius 2 is 2.18 bits per heavy atom. The predicted molar refractivity (Wildman–Crippen MR) is 89.8 cm³/mol. The number of carbonyl (C=O) groups excluding carboxylic acids is 1. The summed E-state index contributed by atoms with van der Waals surface area (Å²) in [4.78, 5) is 15.0. The first-order chi connectivity index (χ1) is 10.6. The Labute approximate surface area is 140 Å². The van der Waals surface area contributed by atoms with E-state index in [9.17, 15) is 4.79 Å². The van der Waals surface area contributed by atoms with Gasteiger partial charge >= 0.3 is 0 Å². The van der Waals surface area contributed by atoms with Crippen LogP contribution in [0.1, 0.15) is 30.1 Å². The maximum atomic E-state index is 12.6. The van der Waals surface area contributed by atoms with Crippen LogP contribution < -0.4 is 14.8 Å². The minimum Gasteiger partial charge on any atom is -0.496 e. The number of carbonyl (C=O) groups is 1. The Morgan fingerprint density at radius 1 is 1.41 bits per heavy atom. The standard InChI is InChI=1S/C16H23BrN2O3/c1-4-19-9-5-6-11(19)10-18-16(20)14-13(21-2)8-7-12(17)15(14)22-3/h7-8,11H,4-6,9-10H2,1-3H3,(H,18,20)/t11-/m1/s1. The maximum Gasteiger partial charge on any atom is 0.258 e. The van der Waals surface area contributed by atoms with Gasteiger partial charge in [0.1, 0.15) is 17.1 Å². The highest BCUT2D eigenvalue weighted by molar-refractivity contribution is 9.10. The van der Waals surface area contributed by atoms with Crippen LogP contribution in [-0.2, 0) is 0 Å². The van der Waals surface area contributed by atoms with Crippen LogP contribution in [0, 0.1) is 0 Å². The fourth-order valence-corrected chi connectivity index (χ4v) is 3.46. The fourth-order valence-electron chi connectivity index (χ4n) is 2.97. The van der Waals surface area contributed by atoms with E-state index in [1.165, 1.54) is 6.42 Å². The van der Waals surface area contributed by atoms with Gasteiger partial charge in [-0.3, -0.25) is 9.69 Å². The molecule has 1 aliphatic rings. The van der Waals surface area contributed by atoms with E-state index in [0.29, 0.717) is 29.6 Å². The van der Waals surface area contributed by atoms with Crippen LogP contribution in [0.5, 0.6) is 11.5 Å². The second-order valence-corrected chi connectivity index (χ2v) is 6.15. The third kappa shape index (κ3) is 3.55. The lowest BCUT2D eigenvalue weighted by Crippen LogP contribution is -2.40. The van der Waals surface area contributed by atoms with Crippen molar-refractivity contribution in [3.8, 4) is 11.5 Å². The lowest BCUT2D eigenvalue weighted by atomic mass is 10.1. The Kier molecular flexibility index (Phi) is 6.08. The van der Waals surface area contributed by atoms with Crippen molar-refractivity contribution in [1.82, 2.24) is 10.2 Å². The normalized spacial score (nSPS) is 18.3. The van der Waals surface area contributed by atoms with Gasteiger partial charge in [-0.2, -0.15) is 0 Å². The van der Waals surface area contributed by atoms with E-state index in [4.69, 9.17) is 9.47 Å². The molecule has 0 saturated carbocycles. The molecule has 1 heterocycles. The lowest BCUT2D eigenvalue weighted by molar-refractivity contribution is 0.0935. The molecule has 1 atom stereocenters. The molecule has 1 saturated heterocycles. The predicted octanol–water partition coefficient (Wildman–Crippen LogP) is 2.68. The zero-order valence-electron chi connectivity index (χ0n) is 13.3. The number of amides is 1. The maximum absolute atomic E-state index is 12.6. The number of hydrogen-bond acceptors (Lipinski definition) is 4. The van der Waals surface area contributed by atoms with Crippen molar-refractivity contribution in [3.63, 3.8) is 0 Å². The average molecular weight is 371 g/mol. The number of likely N-dealkylation sites (N-methyl/N-ethyl adjacent to an activating group) is 1. The lowest BCUT2D eigenvalue weighted by Gasteiger charge is -2.23. The third-order valence-electron chi connectivity index (χ3n) is 4.13. The van der Waals surface area contributed by atoms with E-state index in [-0.39, 0.29) is 5.91 Å². The number of nitrogens with one attached hydrogen (secondary N) is 1. The number of nitrogens with zero attached hydrogens (tertiary/aromatic N) is 1. The summed E-state index contributed by atoms with van der Waals surface area (Å²) in [5.74, 6) is 0.838. The molecule has 1 aliphatic heterocycles. The summed E-state index contributed by atoms with van der Waals surface area (Å²) in [6, 6.07) is 3.98. The molecule has 1 N–H and O–H groups in total. The van der Waals surface area contributed by atoms with Crippen molar-refractivity contribution in [2.24, 2.45) is 0 Å². The number of rotatable bonds is 6. The van der Waals surface area contributed by atoms with Gasteiger partial charge in [-0.05, 0) is 54.0 Å². The summed E-state index contributed by atoms with van der Waals surface area (Å²) < 4.78 is 11.4. The number of methoxy groups -OCH3 is 2. The first-order valence-electron chi connectivity index (χ1n) is 7.55. The van der Waals surface area contributed by atoms with Gasteiger partial charge in [-0.1, -0.05) is 6.92 Å². The summed E-state index contributed by atoms with van der Waals surface area (Å²) in [6.45, 7) is 4.93. The molecule has 22 heavy (non-hydrogen) atoms. The minimum absolute atomic E-state index is 0.169. The van der Waals surface area contributed by atoms with Gasteiger partial charge in [-0.25, -0.2) is 0 Å². The largest absolute Gasteiger partial charge is 0.496 e. The van der Waals surface area contributed by atoms with Crippen LogP contribution in [0.2, 0.25) is 0 Å². The Balaban J connectivity index is 2.13. The SMILES string of the molecule is CCN1CCC[C@@H]1CNC(=O)c1c(OC)ccc(Br)c1OC. The Bertz CT molecular complexity index is 536. The van der Waals surface area contributed by atoms with Crippen molar-refractivity contribution in [1.29, 1.82) is 0 Å². The van der Waals surface area contributed by atoms with E-state index in [2.05, 4.69) is 33.1 Å². The average Bonchev–Trinajstić information content (AvgIpc) is 2.99. The van der Waals surface area contributed by atoms with Gasteiger partial charge in [0.25, 0.3) is 5.91 Å². The number of ether oxygens (including phenoxy) is 2. The van der Waals surface area contributed by atoms with E-state index in [1.807, 2.05) is 6.07 Å². The topological polar surface area (TPSA) is 50.8 Å². The third-order valence-corrected chi connectivity index (χ3v) is 4.75. The van der Waals surface area contributed by atoms with Crippen molar-refractivity contribution < 1.29 is 14.3 Å². The van der Waals surface area contributed by atoms with E-state index in [1.54, 1.807) is 20.3 Å². The van der Waals surface area contributed by atoms with Gasteiger partial charge in [-0.15, -0.1) is 0 Å². The summed E-state index contributed by atoms with van der Waals surface area (Å²) in [6.07, 6.45) is 2.32. The molecule has 6 heteroatoms. The van der Waals surface area contributed by atoms with E-state index in [0.717, 1.165) is 24.0 Å². The van der Waals surface area contributed by atoms with Gasteiger partial charge in [0.15, 0.2) is 0 Å². The zero-order valence-corrected chi connectivity index (χ0v) is 14.9. The highest BCUT2D eigenvalue weighted by Gasteiger charge is 2.25. The fraction of sp³-hybridized carbons (Fsp3) is 0.562. The zero-order chi connectivity index (χ0) is 16.1. The molecule has 122 valence electrons.